The molecular formula is C16H22ClFN2O2. The summed E-state index contributed by atoms with van der Waals surface area (Å²) in [5, 5.41) is 3.36. The van der Waals surface area contributed by atoms with Crippen molar-refractivity contribution in [1.82, 2.24) is 10.2 Å². The Kier molecular flexibility index (Phi) is 5.29. The van der Waals surface area contributed by atoms with E-state index in [1.807, 2.05) is 0 Å². The molecule has 1 aromatic carbocycles. The van der Waals surface area contributed by atoms with Gasteiger partial charge in [-0.3, -0.25) is 4.79 Å². The van der Waals surface area contributed by atoms with Crippen LogP contribution in [0.1, 0.15) is 29.6 Å². The van der Waals surface area contributed by atoms with Crippen LogP contribution in [0.15, 0.2) is 18.2 Å². The van der Waals surface area contributed by atoms with Crippen molar-refractivity contribution >= 4 is 18.3 Å². The van der Waals surface area contributed by atoms with Gasteiger partial charge in [0.1, 0.15) is 17.1 Å². The Morgan fingerprint density at radius 2 is 2.05 bits per heavy atom. The minimum Gasteiger partial charge on any atom is -0.496 e. The molecular weight excluding hydrogens is 307 g/mol. The van der Waals surface area contributed by atoms with E-state index in [1.54, 1.807) is 17.0 Å². The largest absolute Gasteiger partial charge is 0.496 e. The van der Waals surface area contributed by atoms with E-state index < -0.39 is 5.82 Å². The lowest BCUT2D eigenvalue weighted by atomic mass is 9.78. The minimum absolute atomic E-state index is 0. The lowest BCUT2D eigenvalue weighted by Gasteiger charge is -2.33. The van der Waals surface area contributed by atoms with Gasteiger partial charge in [0.2, 0.25) is 0 Å². The first kappa shape index (κ1) is 17.0. The number of benzene rings is 1. The summed E-state index contributed by atoms with van der Waals surface area (Å²) in [6, 6.07) is 4.50. The van der Waals surface area contributed by atoms with Crippen molar-refractivity contribution in [2.75, 3.05) is 33.3 Å². The number of nitrogens with one attached hydrogen (secondary N) is 1. The maximum Gasteiger partial charge on any atom is 0.260 e. The second-order valence-electron chi connectivity index (χ2n) is 6.04. The van der Waals surface area contributed by atoms with Crippen LogP contribution in [0.3, 0.4) is 0 Å². The van der Waals surface area contributed by atoms with Crippen LogP contribution in [0.4, 0.5) is 4.39 Å². The topological polar surface area (TPSA) is 41.6 Å². The Hall–Kier alpha value is -1.33. The molecule has 2 heterocycles. The maximum atomic E-state index is 14.0. The van der Waals surface area contributed by atoms with E-state index in [0.29, 0.717) is 12.3 Å². The number of hydrogen-bond donors (Lipinski definition) is 1. The van der Waals surface area contributed by atoms with Gasteiger partial charge in [-0.1, -0.05) is 6.07 Å². The predicted octanol–water partition coefficient (Wildman–Crippen LogP) is 2.47. The fraction of sp³-hybridized carbons (Fsp3) is 0.562. The SMILES string of the molecule is COc1cccc(F)c1C(=O)N1CCC2(CCNCC2)C1.Cl. The first-order valence-corrected chi connectivity index (χ1v) is 7.48. The number of carbonyl (C=O) groups excluding carboxylic acids is 1. The molecule has 2 fully saturated rings. The number of piperidine rings is 1. The van der Waals surface area contributed by atoms with Crippen LogP contribution in [0.2, 0.25) is 0 Å². The van der Waals surface area contributed by atoms with Crippen LogP contribution >= 0.6 is 12.4 Å². The van der Waals surface area contributed by atoms with Crippen LogP contribution < -0.4 is 10.1 Å². The van der Waals surface area contributed by atoms with E-state index in [-0.39, 0.29) is 29.3 Å². The molecule has 122 valence electrons. The first-order valence-electron chi connectivity index (χ1n) is 7.48. The summed E-state index contributed by atoms with van der Waals surface area (Å²) in [5.41, 5.74) is 0.283. The van der Waals surface area contributed by atoms with Gasteiger partial charge in [-0.15, -0.1) is 12.4 Å². The fourth-order valence-electron chi connectivity index (χ4n) is 3.51. The normalized spacial score (nSPS) is 19.8. The number of hydrogen-bond acceptors (Lipinski definition) is 3. The van der Waals surface area contributed by atoms with Crippen molar-refractivity contribution in [2.24, 2.45) is 5.41 Å². The molecule has 4 nitrogen and oxygen atoms in total. The number of likely N-dealkylation sites (tertiary alicyclic amines) is 1. The summed E-state index contributed by atoms with van der Waals surface area (Å²) >= 11 is 0. The second kappa shape index (κ2) is 6.84. The fourth-order valence-corrected chi connectivity index (χ4v) is 3.51. The highest BCUT2D eigenvalue weighted by Crippen LogP contribution is 2.39. The molecule has 0 unspecified atom stereocenters. The van der Waals surface area contributed by atoms with Crippen molar-refractivity contribution in [1.29, 1.82) is 0 Å². The van der Waals surface area contributed by atoms with Gasteiger partial charge in [-0.25, -0.2) is 4.39 Å². The average molecular weight is 329 g/mol. The molecule has 1 N–H and O–H groups in total. The zero-order valence-corrected chi connectivity index (χ0v) is 13.5. The highest BCUT2D eigenvalue weighted by atomic mass is 35.5. The van der Waals surface area contributed by atoms with Crippen molar-refractivity contribution in [2.45, 2.75) is 19.3 Å². The van der Waals surface area contributed by atoms with Gasteiger partial charge >= 0.3 is 0 Å². The number of rotatable bonds is 2. The number of nitrogens with zero attached hydrogens (tertiary/aromatic N) is 1. The minimum atomic E-state index is -0.509. The summed E-state index contributed by atoms with van der Waals surface area (Å²) in [5.74, 6) is -0.447. The number of carbonyl (C=O) groups is 1. The molecule has 1 aromatic rings. The summed E-state index contributed by atoms with van der Waals surface area (Å²) in [6.07, 6.45) is 3.19. The first-order chi connectivity index (χ1) is 10.2. The third kappa shape index (κ3) is 3.06. The molecule has 1 amide bonds. The molecule has 0 bridgehead atoms. The standard InChI is InChI=1S/C16H21FN2O2.ClH/c1-21-13-4-2-3-12(17)14(13)15(20)19-10-7-16(11-19)5-8-18-9-6-16;/h2-4,18H,5-11H2,1H3;1H. The van der Waals surface area contributed by atoms with E-state index in [0.717, 1.165) is 38.9 Å². The number of halogens is 2. The second-order valence-corrected chi connectivity index (χ2v) is 6.04. The summed E-state index contributed by atoms with van der Waals surface area (Å²) in [6.45, 7) is 3.44. The molecule has 2 aliphatic rings. The highest BCUT2D eigenvalue weighted by Gasteiger charge is 2.41. The quantitative estimate of drug-likeness (QED) is 0.907. The van der Waals surface area contributed by atoms with Gasteiger partial charge in [-0.05, 0) is 49.9 Å². The van der Waals surface area contributed by atoms with Crippen LogP contribution in [0, 0.1) is 11.2 Å². The smallest absolute Gasteiger partial charge is 0.260 e. The van der Waals surface area contributed by atoms with Crippen LogP contribution in [-0.2, 0) is 0 Å². The van der Waals surface area contributed by atoms with E-state index in [2.05, 4.69) is 5.32 Å². The van der Waals surface area contributed by atoms with Crippen molar-refractivity contribution < 1.29 is 13.9 Å². The number of ether oxygens (including phenoxy) is 1. The molecule has 0 aromatic heterocycles. The molecule has 0 saturated carbocycles. The monoisotopic (exact) mass is 328 g/mol. The zero-order chi connectivity index (χ0) is 14.9. The van der Waals surface area contributed by atoms with Crippen LogP contribution in [0.25, 0.3) is 0 Å². The predicted molar refractivity (Wildman–Crippen MR) is 85.3 cm³/mol. The van der Waals surface area contributed by atoms with E-state index in [1.165, 1.54) is 13.2 Å². The summed E-state index contributed by atoms with van der Waals surface area (Å²) in [4.78, 5) is 14.4. The third-order valence-corrected chi connectivity index (χ3v) is 4.80. The molecule has 2 saturated heterocycles. The maximum absolute atomic E-state index is 14.0. The molecule has 3 rings (SSSR count). The molecule has 0 aliphatic carbocycles. The van der Waals surface area contributed by atoms with Gasteiger partial charge in [0, 0.05) is 13.1 Å². The molecule has 0 atom stereocenters. The highest BCUT2D eigenvalue weighted by molar-refractivity contribution is 5.97. The van der Waals surface area contributed by atoms with Gasteiger partial charge in [-0.2, -0.15) is 0 Å². The Bertz CT molecular complexity index is 547. The molecule has 0 radical (unpaired) electrons. The lowest BCUT2D eigenvalue weighted by Crippen LogP contribution is -2.40. The third-order valence-electron chi connectivity index (χ3n) is 4.80. The van der Waals surface area contributed by atoms with E-state index in [4.69, 9.17) is 4.74 Å². The Labute approximate surface area is 136 Å². The Morgan fingerprint density at radius 3 is 2.73 bits per heavy atom. The van der Waals surface area contributed by atoms with Crippen molar-refractivity contribution in [3.8, 4) is 5.75 Å². The van der Waals surface area contributed by atoms with Gasteiger partial charge in [0.25, 0.3) is 5.91 Å². The van der Waals surface area contributed by atoms with Gasteiger partial charge < -0.3 is 15.0 Å². The van der Waals surface area contributed by atoms with E-state index in [9.17, 15) is 9.18 Å². The molecule has 22 heavy (non-hydrogen) atoms. The lowest BCUT2D eigenvalue weighted by molar-refractivity contribution is 0.0753. The van der Waals surface area contributed by atoms with Crippen LogP contribution in [0.5, 0.6) is 5.75 Å². The number of methoxy groups -OCH3 is 1. The molecule has 1 spiro atoms. The van der Waals surface area contributed by atoms with E-state index >= 15 is 0 Å². The average Bonchev–Trinajstić information content (AvgIpc) is 2.90. The van der Waals surface area contributed by atoms with Crippen molar-refractivity contribution in [3.05, 3.63) is 29.6 Å². The van der Waals surface area contributed by atoms with Crippen molar-refractivity contribution in [3.63, 3.8) is 0 Å². The zero-order valence-electron chi connectivity index (χ0n) is 12.7. The number of amides is 1. The molecule has 2 aliphatic heterocycles. The summed E-state index contributed by atoms with van der Waals surface area (Å²) < 4.78 is 19.2. The van der Waals surface area contributed by atoms with Crippen LogP contribution in [-0.4, -0.2) is 44.1 Å². The van der Waals surface area contributed by atoms with Gasteiger partial charge in [0.05, 0.1) is 7.11 Å². The van der Waals surface area contributed by atoms with Gasteiger partial charge in [0.15, 0.2) is 0 Å². The molecule has 6 heteroatoms. The summed E-state index contributed by atoms with van der Waals surface area (Å²) in [7, 11) is 1.46. The Balaban J connectivity index is 0.00000176. The Morgan fingerprint density at radius 1 is 1.32 bits per heavy atom.